The molecule has 0 atom stereocenters. The molecule has 0 aliphatic carbocycles. The van der Waals surface area contributed by atoms with E-state index in [9.17, 15) is 13.2 Å². The summed E-state index contributed by atoms with van der Waals surface area (Å²) in [7, 11) is -3.51. The van der Waals surface area contributed by atoms with Crippen LogP contribution in [0.3, 0.4) is 0 Å². The number of piperazine rings is 1. The van der Waals surface area contributed by atoms with E-state index in [-0.39, 0.29) is 19.0 Å². The molecule has 0 spiro atoms. The van der Waals surface area contributed by atoms with Gasteiger partial charge in [-0.15, -0.1) is 0 Å². The third-order valence-electron chi connectivity index (χ3n) is 4.94. The minimum absolute atomic E-state index is 0.0747. The number of carbonyl (C=O) groups excluding carboxylic acids is 1. The van der Waals surface area contributed by atoms with Crippen molar-refractivity contribution < 1.29 is 13.2 Å². The lowest BCUT2D eigenvalue weighted by atomic mass is 10.1. The summed E-state index contributed by atoms with van der Waals surface area (Å²) >= 11 is 0. The third-order valence-corrected chi connectivity index (χ3v) is 6.50. The van der Waals surface area contributed by atoms with Crippen LogP contribution in [0.4, 0.5) is 0 Å². The van der Waals surface area contributed by atoms with E-state index in [4.69, 9.17) is 0 Å². The van der Waals surface area contributed by atoms with Crippen LogP contribution in [-0.4, -0.2) is 54.7 Å². The van der Waals surface area contributed by atoms with Gasteiger partial charge in [0.1, 0.15) is 0 Å². The minimum Gasteiger partial charge on any atom is -0.360 e. The number of nitrogens with zero attached hydrogens (tertiary/aromatic N) is 2. The summed E-state index contributed by atoms with van der Waals surface area (Å²) in [5.74, 6) is -0.0747. The first-order valence-electron chi connectivity index (χ1n) is 9.13. The van der Waals surface area contributed by atoms with Gasteiger partial charge in [-0.2, -0.15) is 4.31 Å². The van der Waals surface area contributed by atoms with E-state index in [1.165, 1.54) is 9.71 Å². The number of rotatable bonds is 4. The van der Waals surface area contributed by atoms with Gasteiger partial charge in [0.2, 0.25) is 10.0 Å². The summed E-state index contributed by atoms with van der Waals surface area (Å²) in [6.45, 7) is 1.32. The highest BCUT2D eigenvalue weighted by Crippen LogP contribution is 2.20. The summed E-state index contributed by atoms with van der Waals surface area (Å²) in [5, 5.41) is 2.12. The number of carbonyl (C=O) groups is 1. The molecule has 1 N–H and O–H groups in total. The molecule has 1 amide bonds. The predicted molar refractivity (Wildman–Crippen MR) is 110 cm³/mol. The molecule has 0 bridgehead atoms. The fourth-order valence-electron chi connectivity index (χ4n) is 3.38. The van der Waals surface area contributed by atoms with E-state index in [1.807, 2.05) is 54.6 Å². The van der Waals surface area contributed by atoms with E-state index in [2.05, 4.69) is 4.98 Å². The van der Waals surface area contributed by atoms with Gasteiger partial charge < -0.3 is 9.88 Å². The number of aromatic amines is 1. The normalized spacial score (nSPS) is 16.1. The number of nitrogens with one attached hydrogen (secondary N) is 1. The Bertz CT molecular complexity index is 1110. The van der Waals surface area contributed by atoms with Crippen molar-refractivity contribution in [1.82, 2.24) is 14.2 Å². The van der Waals surface area contributed by atoms with Crippen LogP contribution in [-0.2, 0) is 10.0 Å². The van der Waals surface area contributed by atoms with Gasteiger partial charge in [-0.05, 0) is 17.7 Å². The topological polar surface area (TPSA) is 73.5 Å². The molecule has 3 aromatic rings. The Morgan fingerprint density at radius 1 is 0.929 bits per heavy atom. The van der Waals surface area contributed by atoms with Crippen LogP contribution in [0.1, 0.15) is 15.9 Å². The Labute approximate surface area is 164 Å². The number of para-hydroxylation sites is 1. The first kappa shape index (κ1) is 18.5. The molecule has 0 unspecified atom stereocenters. The van der Waals surface area contributed by atoms with E-state index in [0.717, 1.165) is 16.5 Å². The molecule has 0 saturated carbocycles. The smallest absolute Gasteiger partial charge is 0.256 e. The number of hydrogen-bond donors (Lipinski definition) is 1. The van der Waals surface area contributed by atoms with E-state index >= 15 is 0 Å². The molecule has 1 aliphatic rings. The number of sulfonamides is 1. The fourth-order valence-corrected chi connectivity index (χ4v) is 4.55. The number of benzene rings is 2. The van der Waals surface area contributed by atoms with Crippen molar-refractivity contribution in [3.05, 3.63) is 77.3 Å². The molecule has 1 aliphatic heterocycles. The molecule has 7 heteroatoms. The number of H-pyrrole nitrogens is 1. The van der Waals surface area contributed by atoms with Gasteiger partial charge in [0.25, 0.3) is 5.91 Å². The van der Waals surface area contributed by atoms with Crippen molar-refractivity contribution in [2.24, 2.45) is 0 Å². The largest absolute Gasteiger partial charge is 0.360 e. The molecular formula is C21H21N3O3S. The van der Waals surface area contributed by atoms with Gasteiger partial charge in [-0.1, -0.05) is 48.5 Å². The van der Waals surface area contributed by atoms with Crippen LogP contribution in [0, 0.1) is 0 Å². The van der Waals surface area contributed by atoms with Crippen molar-refractivity contribution in [1.29, 1.82) is 0 Å². The Balaban J connectivity index is 1.43. The van der Waals surface area contributed by atoms with Crippen LogP contribution >= 0.6 is 0 Å². The molecule has 0 radical (unpaired) electrons. The minimum atomic E-state index is -3.51. The maximum Gasteiger partial charge on any atom is 0.256 e. The highest BCUT2D eigenvalue weighted by atomic mass is 32.2. The number of hydrogen-bond acceptors (Lipinski definition) is 3. The van der Waals surface area contributed by atoms with Gasteiger partial charge in [0.05, 0.1) is 5.56 Å². The van der Waals surface area contributed by atoms with E-state index in [0.29, 0.717) is 18.7 Å². The average Bonchev–Trinajstić information content (AvgIpc) is 3.17. The molecule has 1 aromatic heterocycles. The van der Waals surface area contributed by atoms with Gasteiger partial charge in [-0.25, -0.2) is 8.42 Å². The van der Waals surface area contributed by atoms with Crippen LogP contribution in [0.25, 0.3) is 17.0 Å². The number of aromatic nitrogens is 1. The van der Waals surface area contributed by atoms with Crippen molar-refractivity contribution in [3.8, 4) is 0 Å². The first-order chi connectivity index (χ1) is 13.5. The standard InChI is InChI=1S/C21H21N3O3S/c25-21(19-16-22-20-9-5-4-8-18(19)20)23-11-13-24(14-12-23)28(26,27)15-10-17-6-2-1-3-7-17/h1-10,15-16,22H,11-14H2/b15-10+. The zero-order valence-electron chi connectivity index (χ0n) is 15.3. The molecule has 1 saturated heterocycles. The first-order valence-corrected chi connectivity index (χ1v) is 10.6. The second-order valence-corrected chi connectivity index (χ2v) is 8.52. The van der Waals surface area contributed by atoms with Crippen LogP contribution in [0.15, 0.2) is 66.2 Å². The van der Waals surface area contributed by atoms with Gasteiger partial charge in [-0.3, -0.25) is 4.79 Å². The van der Waals surface area contributed by atoms with Crippen LogP contribution in [0.5, 0.6) is 0 Å². The molecule has 144 valence electrons. The molecule has 2 heterocycles. The quantitative estimate of drug-likeness (QED) is 0.738. The van der Waals surface area contributed by atoms with Gasteiger partial charge >= 0.3 is 0 Å². The fraction of sp³-hybridized carbons (Fsp3) is 0.190. The van der Waals surface area contributed by atoms with Crippen molar-refractivity contribution in [2.75, 3.05) is 26.2 Å². The molecule has 2 aromatic carbocycles. The van der Waals surface area contributed by atoms with Crippen molar-refractivity contribution in [2.45, 2.75) is 0 Å². The summed E-state index contributed by atoms with van der Waals surface area (Å²) in [6.07, 6.45) is 3.32. The molecule has 28 heavy (non-hydrogen) atoms. The van der Waals surface area contributed by atoms with Crippen LogP contribution in [0.2, 0.25) is 0 Å². The molecular weight excluding hydrogens is 374 g/mol. The highest BCUT2D eigenvalue weighted by molar-refractivity contribution is 7.92. The highest BCUT2D eigenvalue weighted by Gasteiger charge is 2.28. The second kappa shape index (κ2) is 7.61. The number of amides is 1. The predicted octanol–water partition coefficient (Wildman–Crippen LogP) is 2.93. The lowest BCUT2D eigenvalue weighted by molar-refractivity contribution is 0.0700. The maximum absolute atomic E-state index is 12.9. The monoisotopic (exact) mass is 395 g/mol. The summed E-state index contributed by atoms with van der Waals surface area (Å²) in [5.41, 5.74) is 2.37. The SMILES string of the molecule is O=C(c1c[nH]c2ccccc12)N1CCN(S(=O)(=O)/C=C/c2ccccc2)CC1. The van der Waals surface area contributed by atoms with Crippen molar-refractivity contribution >= 4 is 32.9 Å². The second-order valence-electron chi connectivity index (χ2n) is 6.70. The molecule has 4 rings (SSSR count). The van der Waals surface area contributed by atoms with E-state index in [1.54, 1.807) is 17.2 Å². The summed E-state index contributed by atoms with van der Waals surface area (Å²) in [6, 6.07) is 17.0. The third kappa shape index (κ3) is 3.72. The summed E-state index contributed by atoms with van der Waals surface area (Å²) < 4.78 is 26.6. The van der Waals surface area contributed by atoms with Crippen LogP contribution < -0.4 is 0 Å². The zero-order valence-corrected chi connectivity index (χ0v) is 16.1. The van der Waals surface area contributed by atoms with Crippen molar-refractivity contribution in [3.63, 3.8) is 0 Å². The summed E-state index contributed by atoms with van der Waals surface area (Å²) in [4.78, 5) is 17.7. The van der Waals surface area contributed by atoms with Gasteiger partial charge in [0.15, 0.2) is 0 Å². The van der Waals surface area contributed by atoms with E-state index < -0.39 is 10.0 Å². The lowest BCUT2D eigenvalue weighted by Crippen LogP contribution is -2.50. The number of fused-ring (bicyclic) bond motifs is 1. The Kier molecular flexibility index (Phi) is 5.02. The molecule has 6 nitrogen and oxygen atoms in total. The molecule has 1 fully saturated rings. The average molecular weight is 395 g/mol. The Hall–Kier alpha value is -2.90. The maximum atomic E-state index is 12.9. The lowest BCUT2D eigenvalue weighted by Gasteiger charge is -2.33. The Morgan fingerprint density at radius 2 is 1.61 bits per heavy atom. The zero-order chi connectivity index (χ0) is 19.6. The van der Waals surface area contributed by atoms with Gasteiger partial charge in [0, 0.05) is 48.7 Å². The Morgan fingerprint density at radius 3 is 2.36 bits per heavy atom.